The van der Waals surface area contributed by atoms with Crippen LogP contribution in [0.2, 0.25) is 0 Å². The Hall–Kier alpha value is -1.38. The highest BCUT2D eigenvalue weighted by Crippen LogP contribution is 2.21. The number of pyridine rings is 1. The van der Waals surface area contributed by atoms with Gasteiger partial charge in [0.05, 0.1) is 5.56 Å². The van der Waals surface area contributed by atoms with Gasteiger partial charge in [0.2, 0.25) is 0 Å². The first kappa shape index (κ1) is 10.7. The second-order valence-corrected chi connectivity index (χ2v) is 3.81. The van der Waals surface area contributed by atoms with E-state index in [0.29, 0.717) is 11.8 Å². The summed E-state index contributed by atoms with van der Waals surface area (Å²) in [6, 6.07) is 3.39. The molecule has 1 N–H and O–H groups in total. The number of carboxylic acid groups (broad SMARTS) is 1. The van der Waals surface area contributed by atoms with Gasteiger partial charge < -0.3 is 5.11 Å². The minimum atomic E-state index is -0.929. The van der Waals surface area contributed by atoms with Crippen LogP contribution >= 0.6 is 0 Å². The third-order valence-electron chi connectivity index (χ3n) is 2.50. The van der Waals surface area contributed by atoms with Crippen molar-refractivity contribution in [3.05, 3.63) is 29.6 Å². The summed E-state index contributed by atoms with van der Waals surface area (Å²) in [4.78, 5) is 14.7. The van der Waals surface area contributed by atoms with E-state index in [9.17, 15) is 4.79 Å². The molecule has 0 aromatic carbocycles. The van der Waals surface area contributed by atoms with Gasteiger partial charge in [0, 0.05) is 17.8 Å². The predicted octanol–water partition coefficient (Wildman–Crippen LogP) is 2.54. The lowest BCUT2D eigenvalue weighted by molar-refractivity contribution is 0.0696. The summed E-state index contributed by atoms with van der Waals surface area (Å²) < 4.78 is 0. The zero-order chi connectivity index (χ0) is 10.7. The Labute approximate surface area is 83.8 Å². The molecule has 0 bridgehead atoms. The molecule has 0 fully saturated rings. The standard InChI is InChI=1S/C11H15NO2/c1-7(2)8(3)10-5-4-9(6-12-10)11(13)14/h4-8H,1-3H3,(H,13,14). The minimum Gasteiger partial charge on any atom is -0.478 e. The average Bonchev–Trinajstić information content (AvgIpc) is 2.16. The van der Waals surface area contributed by atoms with Crippen LogP contribution in [0.3, 0.4) is 0 Å². The molecule has 1 atom stereocenters. The van der Waals surface area contributed by atoms with E-state index in [0.717, 1.165) is 5.69 Å². The van der Waals surface area contributed by atoms with Crippen LogP contribution < -0.4 is 0 Å². The number of nitrogens with zero attached hydrogens (tertiary/aromatic N) is 1. The number of carboxylic acids is 1. The lowest BCUT2D eigenvalue weighted by Crippen LogP contribution is -2.05. The number of hydrogen-bond donors (Lipinski definition) is 1. The molecule has 1 rings (SSSR count). The van der Waals surface area contributed by atoms with Gasteiger partial charge in [-0.25, -0.2) is 4.79 Å². The van der Waals surface area contributed by atoms with Gasteiger partial charge in [-0.3, -0.25) is 4.98 Å². The maximum atomic E-state index is 10.6. The highest BCUT2D eigenvalue weighted by molar-refractivity contribution is 5.87. The maximum Gasteiger partial charge on any atom is 0.337 e. The van der Waals surface area contributed by atoms with Crippen LogP contribution in [0.4, 0.5) is 0 Å². The molecule has 0 saturated heterocycles. The van der Waals surface area contributed by atoms with E-state index in [-0.39, 0.29) is 5.56 Å². The molecule has 0 radical (unpaired) electrons. The van der Waals surface area contributed by atoms with Crippen molar-refractivity contribution in [3.8, 4) is 0 Å². The monoisotopic (exact) mass is 193 g/mol. The van der Waals surface area contributed by atoms with Gasteiger partial charge in [0.1, 0.15) is 0 Å². The Morgan fingerprint density at radius 3 is 2.36 bits per heavy atom. The molecular formula is C11H15NO2. The van der Waals surface area contributed by atoms with Crippen LogP contribution in [-0.2, 0) is 0 Å². The number of rotatable bonds is 3. The van der Waals surface area contributed by atoms with E-state index in [4.69, 9.17) is 5.11 Å². The van der Waals surface area contributed by atoms with Gasteiger partial charge in [0.25, 0.3) is 0 Å². The van der Waals surface area contributed by atoms with Crippen LogP contribution in [0.25, 0.3) is 0 Å². The van der Waals surface area contributed by atoms with Crippen molar-refractivity contribution in [2.24, 2.45) is 5.92 Å². The van der Waals surface area contributed by atoms with Gasteiger partial charge in [-0.1, -0.05) is 20.8 Å². The molecule has 0 saturated carbocycles. The summed E-state index contributed by atoms with van der Waals surface area (Å²) in [5, 5.41) is 8.68. The number of carbonyl (C=O) groups is 1. The number of aromatic carboxylic acids is 1. The quantitative estimate of drug-likeness (QED) is 0.802. The summed E-state index contributed by atoms with van der Waals surface area (Å²) in [5.41, 5.74) is 1.19. The summed E-state index contributed by atoms with van der Waals surface area (Å²) in [6.45, 7) is 6.34. The van der Waals surface area contributed by atoms with E-state index >= 15 is 0 Å². The second-order valence-electron chi connectivity index (χ2n) is 3.81. The van der Waals surface area contributed by atoms with Crippen LogP contribution in [0, 0.1) is 5.92 Å². The lowest BCUT2D eigenvalue weighted by atomic mass is 9.94. The summed E-state index contributed by atoms with van der Waals surface area (Å²) >= 11 is 0. The van der Waals surface area contributed by atoms with Gasteiger partial charge in [-0.2, -0.15) is 0 Å². The van der Waals surface area contributed by atoms with Gasteiger partial charge in [-0.05, 0) is 18.1 Å². The molecular weight excluding hydrogens is 178 g/mol. The van der Waals surface area contributed by atoms with Crippen LogP contribution in [-0.4, -0.2) is 16.1 Å². The zero-order valence-corrected chi connectivity index (χ0v) is 8.69. The fourth-order valence-electron chi connectivity index (χ4n) is 1.14. The Morgan fingerprint density at radius 1 is 1.36 bits per heavy atom. The molecule has 1 unspecified atom stereocenters. The normalized spacial score (nSPS) is 12.9. The molecule has 0 spiro atoms. The summed E-state index contributed by atoms with van der Waals surface area (Å²) in [7, 11) is 0. The first-order valence-corrected chi connectivity index (χ1v) is 4.71. The molecule has 1 aromatic rings. The highest BCUT2D eigenvalue weighted by atomic mass is 16.4. The summed E-state index contributed by atoms with van der Waals surface area (Å²) in [6.07, 6.45) is 1.41. The average molecular weight is 193 g/mol. The third-order valence-corrected chi connectivity index (χ3v) is 2.50. The fraction of sp³-hybridized carbons (Fsp3) is 0.455. The Morgan fingerprint density at radius 2 is 2.00 bits per heavy atom. The molecule has 0 aliphatic heterocycles. The maximum absolute atomic E-state index is 10.6. The minimum absolute atomic E-state index is 0.240. The molecule has 0 amide bonds. The van der Waals surface area contributed by atoms with E-state index in [1.54, 1.807) is 12.1 Å². The Bertz CT molecular complexity index is 317. The van der Waals surface area contributed by atoms with Crippen molar-refractivity contribution >= 4 is 5.97 Å². The van der Waals surface area contributed by atoms with Gasteiger partial charge in [0.15, 0.2) is 0 Å². The van der Waals surface area contributed by atoms with Crippen molar-refractivity contribution in [2.45, 2.75) is 26.7 Å². The van der Waals surface area contributed by atoms with Crippen molar-refractivity contribution in [1.82, 2.24) is 4.98 Å². The first-order valence-electron chi connectivity index (χ1n) is 4.71. The molecule has 3 heteroatoms. The van der Waals surface area contributed by atoms with Crippen molar-refractivity contribution in [3.63, 3.8) is 0 Å². The molecule has 1 aromatic heterocycles. The molecule has 3 nitrogen and oxygen atoms in total. The van der Waals surface area contributed by atoms with Gasteiger partial charge >= 0.3 is 5.97 Å². The van der Waals surface area contributed by atoms with E-state index in [1.165, 1.54) is 6.20 Å². The second kappa shape index (κ2) is 4.22. The Balaban J connectivity index is 2.88. The van der Waals surface area contributed by atoms with E-state index < -0.39 is 5.97 Å². The molecule has 14 heavy (non-hydrogen) atoms. The van der Waals surface area contributed by atoms with Crippen molar-refractivity contribution in [2.75, 3.05) is 0 Å². The molecule has 0 aliphatic rings. The van der Waals surface area contributed by atoms with E-state index in [1.807, 2.05) is 0 Å². The van der Waals surface area contributed by atoms with E-state index in [2.05, 4.69) is 25.8 Å². The number of aromatic nitrogens is 1. The SMILES string of the molecule is CC(C)C(C)c1ccc(C(=O)O)cn1. The highest BCUT2D eigenvalue weighted by Gasteiger charge is 2.11. The molecule has 76 valence electrons. The molecule has 1 heterocycles. The van der Waals surface area contributed by atoms with Crippen LogP contribution in [0.15, 0.2) is 18.3 Å². The molecule has 0 aliphatic carbocycles. The number of hydrogen-bond acceptors (Lipinski definition) is 2. The predicted molar refractivity (Wildman–Crippen MR) is 54.4 cm³/mol. The first-order chi connectivity index (χ1) is 6.52. The topological polar surface area (TPSA) is 50.2 Å². The van der Waals surface area contributed by atoms with Gasteiger partial charge in [-0.15, -0.1) is 0 Å². The van der Waals surface area contributed by atoms with Crippen LogP contribution in [0.1, 0.15) is 42.7 Å². The lowest BCUT2D eigenvalue weighted by Gasteiger charge is -2.14. The zero-order valence-electron chi connectivity index (χ0n) is 8.69. The van der Waals surface area contributed by atoms with Crippen LogP contribution in [0.5, 0.6) is 0 Å². The fourth-order valence-corrected chi connectivity index (χ4v) is 1.14. The Kier molecular flexibility index (Phi) is 3.23. The smallest absolute Gasteiger partial charge is 0.337 e. The van der Waals surface area contributed by atoms with Crippen molar-refractivity contribution < 1.29 is 9.90 Å². The largest absolute Gasteiger partial charge is 0.478 e. The third kappa shape index (κ3) is 2.31. The van der Waals surface area contributed by atoms with Crippen molar-refractivity contribution in [1.29, 1.82) is 0 Å². The summed E-state index contributed by atoms with van der Waals surface area (Å²) in [5.74, 6) is -0.0581.